The summed E-state index contributed by atoms with van der Waals surface area (Å²) in [6.45, 7) is 4.26. The summed E-state index contributed by atoms with van der Waals surface area (Å²) in [7, 11) is 0. The molecule has 1 saturated heterocycles. The molecular weight excluding hydrogens is 244 g/mol. The van der Waals surface area contributed by atoms with Gasteiger partial charge in [-0.15, -0.1) is 0 Å². The highest BCUT2D eigenvalue weighted by Gasteiger charge is 2.31. The third-order valence-corrected chi connectivity index (χ3v) is 4.39. The molecule has 1 aromatic rings. The molecule has 1 atom stereocenters. The molecule has 0 aliphatic carbocycles. The summed E-state index contributed by atoms with van der Waals surface area (Å²) in [6.07, 6.45) is 0. The summed E-state index contributed by atoms with van der Waals surface area (Å²) < 4.78 is 5.14. The van der Waals surface area contributed by atoms with Crippen molar-refractivity contribution in [1.82, 2.24) is 10.1 Å². The molecule has 6 heteroatoms. The van der Waals surface area contributed by atoms with Crippen LogP contribution < -0.4 is 0 Å². The van der Waals surface area contributed by atoms with Crippen molar-refractivity contribution in [3.63, 3.8) is 0 Å². The predicted molar refractivity (Wildman–Crippen MR) is 65.8 cm³/mol. The van der Waals surface area contributed by atoms with E-state index in [1.165, 1.54) is 0 Å². The molecule has 1 fully saturated rings. The molecule has 2 rings (SSSR count). The van der Waals surface area contributed by atoms with Crippen LogP contribution in [0.4, 0.5) is 0 Å². The number of hydrogen-bond donors (Lipinski definition) is 0. The number of hydrogen-bond acceptors (Lipinski definition) is 6. The minimum Gasteiger partial charge on any atom is -0.338 e. The second kappa shape index (κ2) is 5.23. The fourth-order valence-electron chi connectivity index (χ4n) is 1.39. The Bertz CT molecular complexity index is 379. The minimum atomic E-state index is -0.171. The summed E-state index contributed by atoms with van der Waals surface area (Å²) in [5.41, 5.74) is 0. The summed E-state index contributed by atoms with van der Waals surface area (Å²) >= 11 is 3.40. The van der Waals surface area contributed by atoms with Crippen molar-refractivity contribution < 1.29 is 9.32 Å². The van der Waals surface area contributed by atoms with Gasteiger partial charge in [-0.1, -0.05) is 19.0 Å². The van der Waals surface area contributed by atoms with Gasteiger partial charge in [-0.05, 0) is 5.25 Å². The van der Waals surface area contributed by atoms with Crippen LogP contribution in [0.3, 0.4) is 0 Å². The van der Waals surface area contributed by atoms with E-state index >= 15 is 0 Å². The average molecular weight is 258 g/mol. The normalized spacial score (nSPS) is 20.9. The lowest BCUT2D eigenvalue weighted by Crippen LogP contribution is -2.09. The van der Waals surface area contributed by atoms with Crippen molar-refractivity contribution in [3.8, 4) is 0 Å². The van der Waals surface area contributed by atoms with Gasteiger partial charge < -0.3 is 4.52 Å². The molecule has 4 nitrogen and oxygen atoms in total. The molecule has 0 radical (unpaired) electrons. The molecule has 0 bridgehead atoms. The quantitative estimate of drug-likeness (QED) is 0.824. The number of carbonyl (C=O) groups excluding carboxylic acids is 1. The fraction of sp³-hybridized carbons (Fsp3) is 0.700. The van der Waals surface area contributed by atoms with Crippen LogP contribution in [0.15, 0.2) is 4.52 Å². The molecular formula is C10H14N2O2S2. The Balaban J connectivity index is 1.99. The largest absolute Gasteiger partial charge is 0.338 e. The lowest BCUT2D eigenvalue weighted by atomic mass is 10.1. The van der Waals surface area contributed by atoms with Crippen LogP contribution in [0.2, 0.25) is 0 Å². The Morgan fingerprint density at radius 2 is 2.44 bits per heavy atom. The topological polar surface area (TPSA) is 56.0 Å². The molecule has 1 aliphatic rings. The van der Waals surface area contributed by atoms with Crippen LogP contribution in [-0.2, 0) is 10.5 Å². The number of nitrogens with zero attached hydrogens (tertiary/aromatic N) is 2. The zero-order valence-electron chi connectivity index (χ0n) is 9.30. The molecule has 1 aromatic heterocycles. The molecule has 2 heterocycles. The van der Waals surface area contributed by atoms with Crippen LogP contribution in [-0.4, -0.2) is 32.7 Å². The van der Waals surface area contributed by atoms with E-state index in [1.54, 1.807) is 23.5 Å². The van der Waals surface area contributed by atoms with Crippen molar-refractivity contribution in [1.29, 1.82) is 0 Å². The van der Waals surface area contributed by atoms with Gasteiger partial charge in [0.25, 0.3) is 0 Å². The lowest BCUT2D eigenvalue weighted by Gasteiger charge is -1.99. The van der Waals surface area contributed by atoms with Crippen LogP contribution in [0.25, 0.3) is 0 Å². The monoisotopic (exact) mass is 258 g/mol. The highest BCUT2D eigenvalue weighted by atomic mass is 32.2. The second-order valence-corrected chi connectivity index (χ2v) is 6.54. The van der Waals surface area contributed by atoms with Gasteiger partial charge in [0.1, 0.15) is 5.92 Å². The van der Waals surface area contributed by atoms with Gasteiger partial charge >= 0.3 is 0 Å². The third kappa shape index (κ3) is 2.79. The summed E-state index contributed by atoms with van der Waals surface area (Å²) in [5, 5.41) is 4.45. The van der Waals surface area contributed by atoms with Crippen molar-refractivity contribution in [2.24, 2.45) is 0 Å². The maximum Gasteiger partial charge on any atom is 0.238 e. The van der Waals surface area contributed by atoms with Gasteiger partial charge in [-0.2, -0.15) is 28.5 Å². The maximum atomic E-state index is 11.5. The number of carbonyl (C=O) groups is 1. The molecule has 0 saturated carbocycles. The number of ketones is 1. The van der Waals surface area contributed by atoms with Crippen LogP contribution in [0, 0.1) is 0 Å². The highest BCUT2D eigenvalue weighted by molar-refractivity contribution is 8.00. The van der Waals surface area contributed by atoms with Gasteiger partial charge in [0, 0.05) is 5.75 Å². The number of rotatable bonds is 4. The Hall–Kier alpha value is -0.490. The Labute approximate surface area is 103 Å². The van der Waals surface area contributed by atoms with E-state index in [9.17, 15) is 4.79 Å². The molecule has 16 heavy (non-hydrogen) atoms. The number of Topliss-reactive ketones (excluding diaryl/α,β-unsaturated/α-hetero) is 1. The molecule has 88 valence electrons. The molecule has 0 spiro atoms. The lowest BCUT2D eigenvalue weighted by molar-refractivity contribution is -0.117. The van der Waals surface area contributed by atoms with E-state index in [-0.39, 0.29) is 11.7 Å². The van der Waals surface area contributed by atoms with Crippen LogP contribution >= 0.6 is 23.5 Å². The first kappa shape index (κ1) is 12.0. The molecule has 1 unspecified atom stereocenters. The first-order chi connectivity index (χ1) is 7.66. The fourth-order valence-corrected chi connectivity index (χ4v) is 3.07. The Kier molecular flexibility index (Phi) is 3.91. The van der Waals surface area contributed by atoms with Crippen molar-refractivity contribution in [2.75, 3.05) is 11.5 Å². The third-order valence-electron chi connectivity index (χ3n) is 2.25. The van der Waals surface area contributed by atoms with E-state index in [0.717, 1.165) is 11.5 Å². The van der Waals surface area contributed by atoms with E-state index in [1.807, 2.05) is 0 Å². The molecule has 0 N–H and O–H groups in total. The standard InChI is InChI=1S/C10H14N2O2S2/c1-6(2)16-5-9-11-10(14-12-9)7-3-15-4-8(7)13/h6-7H,3-5H2,1-2H3. The predicted octanol–water partition coefficient (Wildman–Crippen LogP) is 2.11. The second-order valence-electron chi connectivity index (χ2n) is 3.94. The zero-order valence-corrected chi connectivity index (χ0v) is 10.9. The van der Waals surface area contributed by atoms with E-state index in [4.69, 9.17) is 4.52 Å². The van der Waals surface area contributed by atoms with Gasteiger partial charge in [0.05, 0.1) is 11.5 Å². The maximum absolute atomic E-state index is 11.5. The van der Waals surface area contributed by atoms with Gasteiger partial charge in [-0.25, -0.2) is 0 Å². The Morgan fingerprint density at radius 1 is 1.62 bits per heavy atom. The molecule has 1 aliphatic heterocycles. The number of aromatic nitrogens is 2. The first-order valence-corrected chi connectivity index (χ1v) is 7.41. The average Bonchev–Trinajstić information content (AvgIpc) is 2.83. The smallest absolute Gasteiger partial charge is 0.238 e. The summed E-state index contributed by atoms with van der Waals surface area (Å²) in [6, 6.07) is 0. The Morgan fingerprint density at radius 3 is 3.06 bits per heavy atom. The van der Waals surface area contributed by atoms with Gasteiger partial charge in [0.15, 0.2) is 11.6 Å². The molecule has 0 amide bonds. The van der Waals surface area contributed by atoms with Crippen molar-refractivity contribution in [2.45, 2.75) is 30.8 Å². The first-order valence-electron chi connectivity index (χ1n) is 5.21. The molecule has 0 aromatic carbocycles. The van der Waals surface area contributed by atoms with Crippen LogP contribution in [0.5, 0.6) is 0 Å². The summed E-state index contributed by atoms with van der Waals surface area (Å²) in [4.78, 5) is 15.8. The van der Waals surface area contributed by atoms with Crippen molar-refractivity contribution >= 4 is 29.3 Å². The van der Waals surface area contributed by atoms with Crippen molar-refractivity contribution in [3.05, 3.63) is 11.7 Å². The zero-order chi connectivity index (χ0) is 11.5. The van der Waals surface area contributed by atoms with Crippen LogP contribution in [0.1, 0.15) is 31.5 Å². The highest BCUT2D eigenvalue weighted by Crippen LogP contribution is 2.28. The minimum absolute atomic E-state index is 0.171. The van der Waals surface area contributed by atoms with Gasteiger partial charge in [0.2, 0.25) is 5.89 Å². The number of thioether (sulfide) groups is 2. The van der Waals surface area contributed by atoms with Gasteiger partial charge in [-0.3, -0.25) is 4.79 Å². The van der Waals surface area contributed by atoms with E-state index < -0.39 is 0 Å². The SMILES string of the molecule is CC(C)SCc1noc(C2CSCC2=O)n1. The van der Waals surface area contributed by atoms with E-state index in [0.29, 0.717) is 22.7 Å². The summed E-state index contributed by atoms with van der Waals surface area (Å²) in [5.74, 6) is 3.32. The van der Waals surface area contributed by atoms with E-state index in [2.05, 4.69) is 24.0 Å².